The van der Waals surface area contributed by atoms with Crippen LogP contribution in [0.2, 0.25) is 0 Å². The molecule has 0 bridgehead atoms. The molecule has 0 aliphatic heterocycles. The number of fused-ring (bicyclic) bond motifs is 3. The van der Waals surface area contributed by atoms with Crippen molar-refractivity contribution in [1.29, 1.82) is 0 Å². The Morgan fingerprint density at radius 2 is 0.679 bits per heavy atom. The van der Waals surface area contributed by atoms with E-state index in [1.54, 1.807) is 11.3 Å². The Morgan fingerprint density at radius 1 is 0.302 bits per heavy atom. The van der Waals surface area contributed by atoms with Crippen LogP contribution in [0.5, 0.6) is 0 Å². The summed E-state index contributed by atoms with van der Waals surface area (Å²) in [4.78, 5) is 16.3. The molecule has 0 saturated carbocycles. The molecule has 0 amide bonds. The quantitative estimate of drug-likeness (QED) is 0.163. The Morgan fingerprint density at radius 3 is 1.21 bits per heavy atom. The zero-order valence-corrected chi connectivity index (χ0v) is 29.5. The van der Waals surface area contributed by atoms with Gasteiger partial charge in [0.1, 0.15) is 0 Å². The summed E-state index contributed by atoms with van der Waals surface area (Å²) in [7, 11) is 0. The minimum Gasteiger partial charge on any atom is -0.208 e. The maximum absolute atomic E-state index is 5.10. The van der Waals surface area contributed by atoms with Crippen molar-refractivity contribution < 1.29 is 0 Å². The van der Waals surface area contributed by atoms with Gasteiger partial charge in [-0.3, -0.25) is 0 Å². The summed E-state index contributed by atoms with van der Waals surface area (Å²) in [5.41, 5.74) is 9.08. The lowest BCUT2D eigenvalue weighted by Gasteiger charge is -2.17. The highest BCUT2D eigenvalue weighted by Crippen LogP contribution is 2.44. The van der Waals surface area contributed by atoms with Gasteiger partial charge in [-0.25, -0.2) is 15.0 Å². The van der Waals surface area contributed by atoms with Gasteiger partial charge in [0.2, 0.25) is 0 Å². The third-order valence-corrected chi connectivity index (χ3v) is 11.1. The highest BCUT2D eigenvalue weighted by Gasteiger charge is 2.18. The zero-order valence-electron chi connectivity index (χ0n) is 28.6. The van der Waals surface area contributed by atoms with Crippen LogP contribution in [0.25, 0.3) is 98.5 Å². The van der Waals surface area contributed by atoms with Crippen molar-refractivity contribution in [2.24, 2.45) is 0 Å². The molecule has 0 radical (unpaired) electrons. The molecule has 0 N–H and O–H groups in total. The fraction of sp³-hybridized carbons (Fsp3) is 0. The molecular weight excluding hydrogens is 663 g/mol. The Kier molecular flexibility index (Phi) is 7.67. The molecule has 0 aliphatic carbocycles. The van der Waals surface area contributed by atoms with Gasteiger partial charge in [-0.05, 0) is 72.4 Å². The van der Waals surface area contributed by atoms with Gasteiger partial charge in [-0.15, -0.1) is 11.3 Å². The maximum Gasteiger partial charge on any atom is 0.174 e. The van der Waals surface area contributed by atoms with Crippen LogP contribution in [0.1, 0.15) is 0 Å². The Hall–Kier alpha value is -6.75. The Bertz CT molecular complexity index is 2820. The minimum absolute atomic E-state index is 0.648. The number of nitrogens with zero attached hydrogens (tertiary/aromatic N) is 3. The number of hydrogen-bond acceptors (Lipinski definition) is 4. The summed E-state index contributed by atoms with van der Waals surface area (Å²) in [6.07, 6.45) is 0. The van der Waals surface area contributed by atoms with E-state index in [-0.39, 0.29) is 0 Å². The number of hydrogen-bond donors (Lipinski definition) is 0. The summed E-state index contributed by atoms with van der Waals surface area (Å²) < 4.78 is 1.21. The van der Waals surface area contributed by atoms with Gasteiger partial charge >= 0.3 is 0 Å². The molecule has 53 heavy (non-hydrogen) atoms. The van der Waals surface area contributed by atoms with E-state index in [1.807, 2.05) is 6.07 Å². The lowest BCUT2D eigenvalue weighted by molar-refractivity contribution is 1.08. The van der Waals surface area contributed by atoms with E-state index >= 15 is 0 Å². The fourth-order valence-corrected chi connectivity index (χ4v) is 8.42. The van der Waals surface area contributed by atoms with Gasteiger partial charge in [-0.2, -0.15) is 0 Å². The average molecular weight is 694 g/mol. The Balaban J connectivity index is 1.11. The maximum atomic E-state index is 5.10. The SMILES string of the molecule is c1ccc(-c2ccc(-c3nc(-c4ccc(-c5c6ccccc6c(-c6ccccc6)c6ccccc56)cc4)nc(-c4cc5ccccc5s4)n3)cc2)cc1. The van der Waals surface area contributed by atoms with Crippen LogP contribution >= 0.6 is 11.3 Å². The molecule has 0 aliphatic rings. The second kappa shape index (κ2) is 13.1. The highest BCUT2D eigenvalue weighted by atomic mass is 32.1. The standard InChI is InChI=1S/C49H31N3S/c1-3-13-32(14-4-1)33-23-27-36(28-24-33)47-50-48(52-49(51-47)44-31-38-17-7-12-22-43(38)53-44)37-29-25-35(26-30-37)46-41-20-10-8-18-39(41)45(34-15-5-2-6-16-34)40-19-9-11-21-42(40)46/h1-31H. The Labute approximate surface area is 311 Å². The second-order valence-electron chi connectivity index (χ2n) is 13.2. The molecule has 0 saturated heterocycles. The van der Waals surface area contributed by atoms with Crippen LogP contribution in [-0.2, 0) is 0 Å². The largest absolute Gasteiger partial charge is 0.208 e. The minimum atomic E-state index is 0.648. The lowest BCUT2D eigenvalue weighted by Crippen LogP contribution is -1.99. The van der Waals surface area contributed by atoms with Crippen LogP contribution < -0.4 is 0 Å². The smallest absolute Gasteiger partial charge is 0.174 e. The van der Waals surface area contributed by atoms with E-state index in [4.69, 9.17) is 15.0 Å². The van der Waals surface area contributed by atoms with Crippen molar-refractivity contribution in [1.82, 2.24) is 15.0 Å². The average Bonchev–Trinajstić information content (AvgIpc) is 3.68. The fourth-order valence-electron chi connectivity index (χ4n) is 7.42. The molecule has 248 valence electrons. The third kappa shape index (κ3) is 5.66. The van der Waals surface area contributed by atoms with E-state index in [0.29, 0.717) is 17.5 Å². The molecule has 0 fully saturated rings. The molecule has 0 atom stereocenters. The molecule has 8 aromatic carbocycles. The normalized spacial score (nSPS) is 11.4. The molecule has 2 heterocycles. The first-order chi connectivity index (χ1) is 26.3. The monoisotopic (exact) mass is 693 g/mol. The molecule has 0 spiro atoms. The first-order valence-corrected chi connectivity index (χ1v) is 18.6. The molecule has 2 aromatic heterocycles. The van der Waals surface area contributed by atoms with Gasteiger partial charge in [0, 0.05) is 15.8 Å². The van der Waals surface area contributed by atoms with Crippen LogP contribution in [0.15, 0.2) is 188 Å². The third-order valence-electron chi connectivity index (χ3n) is 9.96. The van der Waals surface area contributed by atoms with Crippen LogP contribution in [0.4, 0.5) is 0 Å². The molecule has 10 rings (SSSR count). The van der Waals surface area contributed by atoms with Crippen molar-refractivity contribution >= 4 is 43.0 Å². The van der Waals surface area contributed by atoms with Crippen molar-refractivity contribution in [3.05, 3.63) is 188 Å². The summed E-state index contributed by atoms with van der Waals surface area (Å²) >= 11 is 1.71. The van der Waals surface area contributed by atoms with Gasteiger partial charge in [0.25, 0.3) is 0 Å². The molecular formula is C49H31N3S. The predicted molar refractivity (Wildman–Crippen MR) is 223 cm³/mol. The van der Waals surface area contributed by atoms with E-state index in [1.165, 1.54) is 53.9 Å². The number of benzene rings is 8. The van der Waals surface area contributed by atoms with Gasteiger partial charge in [-0.1, -0.05) is 176 Å². The van der Waals surface area contributed by atoms with Crippen molar-refractivity contribution in [3.63, 3.8) is 0 Å². The number of rotatable bonds is 6. The molecule has 0 unspecified atom stereocenters. The highest BCUT2D eigenvalue weighted by molar-refractivity contribution is 7.22. The van der Waals surface area contributed by atoms with Crippen LogP contribution in [0, 0.1) is 0 Å². The van der Waals surface area contributed by atoms with Crippen LogP contribution in [-0.4, -0.2) is 15.0 Å². The van der Waals surface area contributed by atoms with Gasteiger partial charge < -0.3 is 0 Å². The van der Waals surface area contributed by atoms with Gasteiger partial charge in [0.05, 0.1) is 4.88 Å². The van der Waals surface area contributed by atoms with Crippen molar-refractivity contribution in [2.75, 3.05) is 0 Å². The number of thiophene rings is 1. The van der Waals surface area contributed by atoms with E-state index in [2.05, 4.69) is 182 Å². The van der Waals surface area contributed by atoms with E-state index in [0.717, 1.165) is 27.1 Å². The topological polar surface area (TPSA) is 38.7 Å². The van der Waals surface area contributed by atoms with E-state index < -0.39 is 0 Å². The molecule has 3 nitrogen and oxygen atoms in total. The van der Waals surface area contributed by atoms with Crippen molar-refractivity contribution in [3.8, 4) is 66.9 Å². The summed E-state index contributed by atoms with van der Waals surface area (Å²) in [6.45, 7) is 0. The van der Waals surface area contributed by atoms with Crippen molar-refractivity contribution in [2.45, 2.75) is 0 Å². The first-order valence-electron chi connectivity index (χ1n) is 17.8. The molecule has 10 aromatic rings. The summed E-state index contributed by atoms with van der Waals surface area (Å²) in [5.74, 6) is 1.98. The van der Waals surface area contributed by atoms with Crippen LogP contribution in [0.3, 0.4) is 0 Å². The first kappa shape index (κ1) is 31.0. The lowest BCUT2D eigenvalue weighted by atomic mass is 9.86. The summed E-state index contributed by atoms with van der Waals surface area (Å²) in [6, 6.07) is 66.5. The second-order valence-corrected chi connectivity index (χ2v) is 14.3. The molecule has 4 heteroatoms. The number of aromatic nitrogens is 3. The predicted octanol–water partition coefficient (Wildman–Crippen LogP) is 13.4. The zero-order chi connectivity index (χ0) is 35.1. The van der Waals surface area contributed by atoms with Gasteiger partial charge in [0.15, 0.2) is 17.5 Å². The van der Waals surface area contributed by atoms with E-state index in [9.17, 15) is 0 Å². The summed E-state index contributed by atoms with van der Waals surface area (Å²) in [5, 5.41) is 6.12.